The fourth-order valence-corrected chi connectivity index (χ4v) is 2.44. The van der Waals surface area contributed by atoms with Gasteiger partial charge in [0, 0.05) is 24.8 Å². The molecule has 2 rings (SSSR count). The molecule has 1 aromatic rings. The van der Waals surface area contributed by atoms with Crippen molar-refractivity contribution in [3.63, 3.8) is 0 Å². The highest BCUT2D eigenvalue weighted by Crippen LogP contribution is 2.37. The number of aromatic nitrogens is 2. The van der Waals surface area contributed by atoms with E-state index in [0.717, 1.165) is 5.69 Å². The molecule has 2 N–H and O–H groups in total. The molecule has 0 spiro atoms. The van der Waals surface area contributed by atoms with Crippen LogP contribution in [0.3, 0.4) is 0 Å². The number of carbonyl (C=O) groups excluding carboxylic acids is 1. The van der Waals surface area contributed by atoms with Crippen LogP contribution in [-0.4, -0.2) is 39.9 Å². The summed E-state index contributed by atoms with van der Waals surface area (Å²) in [5, 5.41) is 5.41. The molecule has 1 amide bonds. The highest BCUT2D eigenvalue weighted by atomic mass is 16.6. The van der Waals surface area contributed by atoms with Gasteiger partial charge in [-0.25, -0.2) is 4.79 Å². The van der Waals surface area contributed by atoms with Gasteiger partial charge < -0.3 is 14.7 Å². The minimum Gasteiger partial charge on any atom is -0.444 e. The summed E-state index contributed by atoms with van der Waals surface area (Å²) in [6.07, 6.45) is 2.17. The second-order valence-electron chi connectivity index (χ2n) is 6.28. The van der Waals surface area contributed by atoms with Crippen molar-refractivity contribution in [1.29, 1.82) is 0 Å². The summed E-state index contributed by atoms with van der Waals surface area (Å²) in [7, 11) is 0. The standard InChI is InChI=1S/C14H21N3O3/c1-5-6-14(10-7-11(18)16-15-10)8-17(9-14)12(19)20-13(2,3)4/h5,7H,1,6,8-9H2,2-4H3,(H2,15,16,18). The number of amides is 1. The number of nitrogens with one attached hydrogen (secondary N) is 2. The van der Waals surface area contributed by atoms with Crippen molar-refractivity contribution >= 4 is 6.09 Å². The molecule has 0 saturated carbocycles. The molecule has 0 bridgehead atoms. The van der Waals surface area contributed by atoms with E-state index in [1.54, 1.807) is 11.0 Å². The average molecular weight is 279 g/mol. The molecule has 6 nitrogen and oxygen atoms in total. The third-order valence-electron chi connectivity index (χ3n) is 3.34. The number of nitrogens with zero attached hydrogens (tertiary/aromatic N) is 1. The maximum atomic E-state index is 12.0. The molecule has 1 fully saturated rings. The Labute approximate surface area is 117 Å². The van der Waals surface area contributed by atoms with Crippen molar-refractivity contribution in [3.8, 4) is 0 Å². The normalized spacial score (nSPS) is 17.4. The largest absolute Gasteiger partial charge is 0.444 e. The van der Waals surface area contributed by atoms with E-state index in [-0.39, 0.29) is 17.1 Å². The van der Waals surface area contributed by atoms with Crippen molar-refractivity contribution in [1.82, 2.24) is 15.1 Å². The fraction of sp³-hybridized carbons (Fsp3) is 0.571. The van der Waals surface area contributed by atoms with Crippen LogP contribution < -0.4 is 5.56 Å². The third kappa shape index (κ3) is 2.79. The van der Waals surface area contributed by atoms with Crippen molar-refractivity contribution in [3.05, 3.63) is 34.8 Å². The molecule has 2 heterocycles. The molecule has 1 aliphatic heterocycles. The second-order valence-corrected chi connectivity index (χ2v) is 6.28. The van der Waals surface area contributed by atoms with Crippen molar-refractivity contribution < 1.29 is 9.53 Å². The molecule has 6 heteroatoms. The van der Waals surface area contributed by atoms with Crippen molar-refractivity contribution in [2.45, 2.75) is 38.2 Å². The number of likely N-dealkylation sites (tertiary alicyclic amines) is 1. The molecule has 20 heavy (non-hydrogen) atoms. The minimum absolute atomic E-state index is 0.167. The number of rotatable bonds is 3. The summed E-state index contributed by atoms with van der Waals surface area (Å²) in [6.45, 7) is 10.3. The summed E-state index contributed by atoms with van der Waals surface area (Å²) in [5.41, 5.74) is -0.130. The monoisotopic (exact) mass is 279 g/mol. The first-order valence-corrected chi connectivity index (χ1v) is 6.63. The number of hydrogen-bond donors (Lipinski definition) is 2. The first-order valence-electron chi connectivity index (χ1n) is 6.63. The summed E-state index contributed by atoms with van der Waals surface area (Å²) in [5.74, 6) is 0. The number of hydrogen-bond acceptors (Lipinski definition) is 3. The Kier molecular flexibility index (Phi) is 3.50. The molecule has 1 saturated heterocycles. The van der Waals surface area contributed by atoms with Crippen LogP contribution in [0.2, 0.25) is 0 Å². The van der Waals surface area contributed by atoms with Gasteiger partial charge in [-0.3, -0.25) is 9.89 Å². The number of ether oxygens (including phenoxy) is 1. The molecule has 0 unspecified atom stereocenters. The maximum Gasteiger partial charge on any atom is 0.410 e. The van der Waals surface area contributed by atoms with E-state index in [1.165, 1.54) is 6.07 Å². The molecular formula is C14H21N3O3. The van der Waals surface area contributed by atoms with E-state index < -0.39 is 5.60 Å². The first-order chi connectivity index (χ1) is 9.26. The van der Waals surface area contributed by atoms with Crippen LogP contribution >= 0.6 is 0 Å². The molecule has 0 atom stereocenters. The molecule has 110 valence electrons. The lowest BCUT2D eigenvalue weighted by molar-refractivity contribution is -0.0103. The zero-order valence-electron chi connectivity index (χ0n) is 12.2. The van der Waals surface area contributed by atoms with Crippen LogP contribution in [-0.2, 0) is 10.2 Å². The van der Waals surface area contributed by atoms with Crippen LogP contribution in [0.1, 0.15) is 32.9 Å². The van der Waals surface area contributed by atoms with Gasteiger partial charge >= 0.3 is 6.09 Å². The molecule has 0 radical (unpaired) electrons. The highest BCUT2D eigenvalue weighted by Gasteiger charge is 2.48. The SMILES string of the molecule is C=CCC1(c2cc(=O)[nH][nH]2)CN(C(=O)OC(C)(C)C)C1. The molecule has 1 aromatic heterocycles. The summed E-state index contributed by atoms with van der Waals surface area (Å²) < 4.78 is 5.34. The Morgan fingerprint density at radius 3 is 2.60 bits per heavy atom. The van der Waals surface area contributed by atoms with Crippen LogP contribution in [0, 0.1) is 0 Å². The van der Waals surface area contributed by atoms with Gasteiger partial charge in [0.2, 0.25) is 0 Å². The number of allylic oxidation sites excluding steroid dienone is 1. The van der Waals surface area contributed by atoms with E-state index in [4.69, 9.17) is 4.74 Å². The van der Waals surface area contributed by atoms with Crippen LogP contribution in [0.5, 0.6) is 0 Å². The lowest BCUT2D eigenvalue weighted by Crippen LogP contribution is -2.61. The topological polar surface area (TPSA) is 78.2 Å². The lowest BCUT2D eigenvalue weighted by Gasteiger charge is -2.49. The summed E-state index contributed by atoms with van der Waals surface area (Å²) >= 11 is 0. The van der Waals surface area contributed by atoms with E-state index in [2.05, 4.69) is 16.8 Å². The second kappa shape index (κ2) is 4.85. The lowest BCUT2D eigenvalue weighted by atomic mass is 9.74. The summed E-state index contributed by atoms with van der Waals surface area (Å²) in [6, 6.07) is 1.54. The van der Waals surface area contributed by atoms with E-state index >= 15 is 0 Å². The Bertz CT molecular complexity index is 559. The third-order valence-corrected chi connectivity index (χ3v) is 3.34. The number of carbonyl (C=O) groups is 1. The minimum atomic E-state index is -0.504. The van der Waals surface area contributed by atoms with Gasteiger partial charge in [0.15, 0.2) is 0 Å². The zero-order valence-corrected chi connectivity index (χ0v) is 12.2. The quantitative estimate of drug-likeness (QED) is 0.828. The van der Waals surface area contributed by atoms with Crippen molar-refractivity contribution in [2.24, 2.45) is 0 Å². The smallest absolute Gasteiger partial charge is 0.410 e. The average Bonchev–Trinajstić information content (AvgIpc) is 2.67. The van der Waals surface area contributed by atoms with Gasteiger partial charge in [-0.15, -0.1) is 6.58 Å². The Hall–Kier alpha value is -1.98. The molecule has 0 aliphatic carbocycles. The Morgan fingerprint density at radius 1 is 1.50 bits per heavy atom. The van der Waals surface area contributed by atoms with Gasteiger partial charge in [-0.05, 0) is 27.2 Å². The predicted octanol–water partition coefficient (Wildman–Crippen LogP) is 1.77. The van der Waals surface area contributed by atoms with Crippen LogP contribution in [0.4, 0.5) is 4.79 Å². The Morgan fingerprint density at radius 2 is 2.15 bits per heavy atom. The maximum absolute atomic E-state index is 12.0. The molecular weight excluding hydrogens is 258 g/mol. The number of H-pyrrole nitrogens is 2. The highest BCUT2D eigenvalue weighted by molar-refractivity contribution is 5.70. The first kappa shape index (κ1) is 14.4. The van der Waals surface area contributed by atoms with Gasteiger partial charge in [0.05, 0.1) is 5.41 Å². The zero-order chi connectivity index (χ0) is 15.0. The van der Waals surface area contributed by atoms with E-state index in [9.17, 15) is 9.59 Å². The van der Waals surface area contributed by atoms with E-state index in [1.807, 2.05) is 20.8 Å². The van der Waals surface area contributed by atoms with Gasteiger partial charge in [-0.2, -0.15) is 0 Å². The summed E-state index contributed by atoms with van der Waals surface area (Å²) in [4.78, 5) is 24.9. The van der Waals surface area contributed by atoms with Crippen LogP contribution in [0.25, 0.3) is 0 Å². The Balaban J connectivity index is 2.08. The molecule has 0 aromatic carbocycles. The number of aromatic amines is 2. The fourth-order valence-electron chi connectivity index (χ4n) is 2.44. The van der Waals surface area contributed by atoms with Gasteiger partial charge in [0.1, 0.15) is 5.60 Å². The van der Waals surface area contributed by atoms with Gasteiger partial charge in [0.25, 0.3) is 5.56 Å². The molecule has 1 aliphatic rings. The van der Waals surface area contributed by atoms with Crippen LogP contribution in [0.15, 0.2) is 23.5 Å². The van der Waals surface area contributed by atoms with Crippen molar-refractivity contribution in [2.75, 3.05) is 13.1 Å². The predicted molar refractivity (Wildman–Crippen MR) is 75.7 cm³/mol. The van der Waals surface area contributed by atoms with Gasteiger partial charge in [-0.1, -0.05) is 6.08 Å². The van der Waals surface area contributed by atoms with E-state index in [0.29, 0.717) is 19.5 Å².